The highest BCUT2D eigenvalue weighted by atomic mass is 32.1. The maximum Gasteiger partial charge on any atom is 0.263 e. The fourth-order valence-electron chi connectivity index (χ4n) is 2.14. The van der Waals surface area contributed by atoms with Crippen LogP contribution in [0.3, 0.4) is 0 Å². The van der Waals surface area contributed by atoms with Gasteiger partial charge in [-0.2, -0.15) is 0 Å². The number of aryl methyl sites for hydroxylation is 1. The van der Waals surface area contributed by atoms with Crippen molar-refractivity contribution in [2.75, 3.05) is 0 Å². The van der Waals surface area contributed by atoms with Crippen molar-refractivity contribution in [1.82, 2.24) is 15.3 Å². The molecule has 0 unspecified atom stereocenters. The van der Waals surface area contributed by atoms with E-state index in [0.29, 0.717) is 10.8 Å². The van der Waals surface area contributed by atoms with E-state index in [2.05, 4.69) is 15.3 Å². The number of carbonyl (C=O) groups excluding carboxylic acids is 1. The van der Waals surface area contributed by atoms with Crippen molar-refractivity contribution in [3.8, 4) is 0 Å². The van der Waals surface area contributed by atoms with Gasteiger partial charge >= 0.3 is 0 Å². The summed E-state index contributed by atoms with van der Waals surface area (Å²) in [5, 5.41) is 3.09. The Hall–Kier alpha value is -1.75. The second-order valence-corrected chi connectivity index (χ2v) is 5.74. The summed E-state index contributed by atoms with van der Waals surface area (Å²) in [4.78, 5) is 21.3. The first-order chi connectivity index (χ1) is 9.24. The van der Waals surface area contributed by atoms with E-state index >= 15 is 0 Å². The van der Waals surface area contributed by atoms with Crippen molar-refractivity contribution < 1.29 is 4.79 Å². The van der Waals surface area contributed by atoms with Gasteiger partial charge in [0.05, 0.1) is 23.4 Å². The zero-order valence-electron chi connectivity index (χ0n) is 10.7. The Kier molecular flexibility index (Phi) is 3.29. The third-order valence-electron chi connectivity index (χ3n) is 3.26. The van der Waals surface area contributed by atoms with E-state index in [0.717, 1.165) is 24.2 Å². The van der Waals surface area contributed by atoms with E-state index in [-0.39, 0.29) is 11.9 Å². The van der Waals surface area contributed by atoms with Crippen LogP contribution in [0.4, 0.5) is 0 Å². The molecule has 1 N–H and O–H groups in total. The molecular weight excluding hydrogens is 258 g/mol. The van der Waals surface area contributed by atoms with Gasteiger partial charge in [0.15, 0.2) is 0 Å². The number of nitrogens with zero attached hydrogens (tertiary/aromatic N) is 2. The van der Waals surface area contributed by atoms with Gasteiger partial charge in [-0.05, 0) is 37.8 Å². The Balaban J connectivity index is 1.80. The Morgan fingerprint density at radius 1 is 1.47 bits per heavy atom. The summed E-state index contributed by atoms with van der Waals surface area (Å²) >= 11 is 1.36. The lowest BCUT2D eigenvalue weighted by molar-refractivity contribution is 0.0934. The Bertz CT molecular complexity index is 578. The number of aromatic nitrogens is 2. The van der Waals surface area contributed by atoms with Gasteiger partial charge < -0.3 is 5.32 Å². The van der Waals surface area contributed by atoms with Gasteiger partial charge in [-0.15, -0.1) is 11.3 Å². The molecule has 4 nitrogen and oxygen atoms in total. The molecule has 0 radical (unpaired) electrons. The van der Waals surface area contributed by atoms with Gasteiger partial charge in [0, 0.05) is 5.69 Å². The van der Waals surface area contributed by atoms with Crippen LogP contribution in [0.15, 0.2) is 29.9 Å². The summed E-state index contributed by atoms with van der Waals surface area (Å²) in [6.07, 6.45) is 3.92. The van der Waals surface area contributed by atoms with Crippen LogP contribution in [-0.2, 0) is 0 Å². The standard InChI is InChI=1S/C14H15N3OS/c1-9-3-2-4-11(16-9)13(10-5-6-10)17-14(18)12-7-15-8-19-12/h2-4,7-8,10,13H,5-6H2,1H3,(H,17,18)/t13-/m1/s1. The Morgan fingerprint density at radius 2 is 2.32 bits per heavy atom. The third kappa shape index (κ3) is 2.81. The zero-order chi connectivity index (χ0) is 13.2. The SMILES string of the molecule is Cc1cccc([C@H](NC(=O)c2cncs2)C2CC2)n1. The van der Waals surface area contributed by atoms with Crippen LogP contribution in [0.1, 0.15) is 39.9 Å². The smallest absolute Gasteiger partial charge is 0.263 e. The second kappa shape index (κ2) is 5.09. The summed E-state index contributed by atoms with van der Waals surface area (Å²) in [5.74, 6) is 0.467. The first kappa shape index (κ1) is 12.3. The highest BCUT2D eigenvalue weighted by Gasteiger charge is 2.34. The number of hydrogen-bond donors (Lipinski definition) is 1. The number of pyridine rings is 1. The Labute approximate surface area is 115 Å². The highest BCUT2D eigenvalue weighted by Crippen LogP contribution is 2.40. The van der Waals surface area contributed by atoms with Gasteiger partial charge in [-0.25, -0.2) is 0 Å². The predicted octanol–water partition coefficient (Wildman–Crippen LogP) is 2.73. The van der Waals surface area contributed by atoms with Gasteiger partial charge in [0.2, 0.25) is 0 Å². The lowest BCUT2D eigenvalue weighted by Crippen LogP contribution is -2.30. The van der Waals surface area contributed by atoms with E-state index < -0.39 is 0 Å². The van der Waals surface area contributed by atoms with Crippen molar-refractivity contribution in [3.05, 3.63) is 46.2 Å². The molecule has 1 amide bonds. The number of carbonyl (C=O) groups is 1. The molecule has 2 aromatic heterocycles. The predicted molar refractivity (Wildman–Crippen MR) is 74.0 cm³/mol. The van der Waals surface area contributed by atoms with Crippen LogP contribution in [0, 0.1) is 12.8 Å². The van der Waals surface area contributed by atoms with E-state index in [1.165, 1.54) is 11.3 Å². The molecule has 1 aliphatic carbocycles. The minimum absolute atomic E-state index is 0.0227. The van der Waals surface area contributed by atoms with Crippen LogP contribution in [0.2, 0.25) is 0 Å². The van der Waals surface area contributed by atoms with Crippen LogP contribution >= 0.6 is 11.3 Å². The molecule has 5 heteroatoms. The minimum atomic E-state index is -0.0530. The molecule has 0 spiro atoms. The van der Waals surface area contributed by atoms with Gasteiger partial charge in [-0.1, -0.05) is 6.07 Å². The summed E-state index contributed by atoms with van der Waals surface area (Å²) in [5.41, 5.74) is 3.61. The van der Waals surface area contributed by atoms with Gasteiger partial charge in [-0.3, -0.25) is 14.8 Å². The van der Waals surface area contributed by atoms with Crippen LogP contribution in [-0.4, -0.2) is 15.9 Å². The number of rotatable bonds is 4. The van der Waals surface area contributed by atoms with E-state index in [1.54, 1.807) is 11.7 Å². The van der Waals surface area contributed by atoms with Crippen molar-refractivity contribution in [1.29, 1.82) is 0 Å². The number of thiazole rings is 1. The topological polar surface area (TPSA) is 54.9 Å². The third-order valence-corrected chi connectivity index (χ3v) is 4.04. The van der Waals surface area contributed by atoms with Crippen LogP contribution in [0.25, 0.3) is 0 Å². The maximum atomic E-state index is 12.1. The molecule has 1 saturated carbocycles. The van der Waals surface area contributed by atoms with Crippen molar-refractivity contribution in [2.45, 2.75) is 25.8 Å². The molecule has 0 bridgehead atoms. The van der Waals surface area contributed by atoms with Gasteiger partial charge in [0.25, 0.3) is 5.91 Å². The highest BCUT2D eigenvalue weighted by molar-refractivity contribution is 7.11. The summed E-state index contributed by atoms with van der Waals surface area (Å²) in [6, 6.07) is 5.97. The molecule has 1 fully saturated rings. The number of amides is 1. The lowest BCUT2D eigenvalue weighted by Gasteiger charge is -2.17. The minimum Gasteiger partial charge on any atom is -0.343 e. The fraction of sp³-hybridized carbons (Fsp3) is 0.357. The molecule has 2 heterocycles. The van der Waals surface area contributed by atoms with E-state index in [4.69, 9.17) is 0 Å². The van der Waals surface area contributed by atoms with E-state index in [1.807, 2.05) is 25.1 Å². The largest absolute Gasteiger partial charge is 0.343 e. The molecule has 1 atom stereocenters. The average Bonchev–Trinajstić information content (AvgIpc) is 3.09. The molecule has 0 aliphatic heterocycles. The Morgan fingerprint density at radius 3 is 2.95 bits per heavy atom. The zero-order valence-corrected chi connectivity index (χ0v) is 11.5. The van der Waals surface area contributed by atoms with Crippen molar-refractivity contribution in [2.24, 2.45) is 5.92 Å². The maximum absolute atomic E-state index is 12.1. The summed E-state index contributed by atoms with van der Waals surface area (Å²) in [7, 11) is 0. The van der Waals surface area contributed by atoms with E-state index in [9.17, 15) is 4.79 Å². The van der Waals surface area contributed by atoms with Crippen LogP contribution in [0.5, 0.6) is 0 Å². The molecule has 1 aliphatic rings. The monoisotopic (exact) mass is 273 g/mol. The molecule has 0 saturated heterocycles. The number of hydrogen-bond acceptors (Lipinski definition) is 4. The fourth-order valence-corrected chi connectivity index (χ4v) is 2.66. The summed E-state index contributed by atoms with van der Waals surface area (Å²) in [6.45, 7) is 1.97. The molecule has 3 rings (SSSR count). The normalized spacial score (nSPS) is 16.1. The molecule has 0 aromatic carbocycles. The molecule has 2 aromatic rings. The number of nitrogens with one attached hydrogen (secondary N) is 1. The molecule has 98 valence electrons. The second-order valence-electron chi connectivity index (χ2n) is 4.86. The van der Waals surface area contributed by atoms with Crippen molar-refractivity contribution >= 4 is 17.2 Å². The summed E-state index contributed by atoms with van der Waals surface area (Å²) < 4.78 is 0. The van der Waals surface area contributed by atoms with Crippen LogP contribution < -0.4 is 5.32 Å². The molecule has 19 heavy (non-hydrogen) atoms. The lowest BCUT2D eigenvalue weighted by atomic mass is 10.1. The van der Waals surface area contributed by atoms with Gasteiger partial charge in [0.1, 0.15) is 4.88 Å². The first-order valence-electron chi connectivity index (χ1n) is 6.37. The first-order valence-corrected chi connectivity index (χ1v) is 7.25. The quantitative estimate of drug-likeness (QED) is 0.932. The average molecular weight is 273 g/mol. The van der Waals surface area contributed by atoms with Crippen molar-refractivity contribution in [3.63, 3.8) is 0 Å². The molecular formula is C14H15N3OS.